The van der Waals surface area contributed by atoms with Crippen molar-refractivity contribution in [2.45, 2.75) is 12.5 Å². The molecule has 0 saturated carbocycles. The van der Waals surface area contributed by atoms with Crippen molar-refractivity contribution in [3.63, 3.8) is 0 Å². The molecule has 0 radical (unpaired) electrons. The van der Waals surface area contributed by atoms with Gasteiger partial charge in [-0.15, -0.1) is 0 Å². The molecule has 1 aromatic heterocycles. The second-order valence-electron chi connectivity index (χ2n) is 4.02. The van der Waals surface area contributed by atoms with E-state index < -0.39 is 11.9 Å². The van der Waals surface area contributed by atoms with E-state index in [0.29, 0.717) is 17.0 Å². The summed E-state index contributed by atoms with van der Waals surface area (Å²) in [4.78, 5) is 4.07. The largest absolute Gasteiger partial charge is 0.495 e. The lowest BCUT2D eigenvalue weighted by Crippen LogP contribution is -2.07. The summed E-state index contributed by atoms with van der Waals surface area (Å²) in [6, 6.07) is 8.09. The van der Waals surface area contributed by atoms with Gasteiger partial charge in [0.15, 0.2) is 0 Å². The van der Waals surface area contributed by atoms with E-state index in [1.165, 1.54) is 13.2 Å². The standard InChI is InChI=1S/C14H13ClFNO2/c1-19-12-6-3-7-17-14(12)11(18)8-9-4-2-5-10(15)13(9)16/h2-7,11,18H,8H2,1H3. The molecule has 0 aliphatic heterocycles. The summed E-state index contributed by atoms with van der Waals surface area (Å²) in [6.07, 6.45) is 0.680. The molecule has 1 atom stereocenters. The Morgan fingerprint density at radius 3 is 2.89 bits per heavy atom. The molecular weight excluding hydrogens is 269 g/mol. The maximum atomic E-state index is 13.8. The number of hydrogen-bond acceptors (Lipinski definition) is 3. The summed E-state index contributed by atoms with van der Waals surface area (Å²) in [5, 5.41) is 10.2. The van der Waals surface area contributed by atoms with E-state index in [-0.39, 0.29) is 11.4 Å². The van der Waals surface area contributed by atoms with Crippen LogP contribution in [0.3, 0.4) is 0 Å². The zero-order chi connectivity index (χ0) is 13.8. The Morgan fingerprint density at radius 1 is 1.37 bits per heavy atom. The quantitative estimate of drug-likeness (QED) is 0.936. The average Bonchev–Trinajstić information content (AvgIpc) is 2.43. The van der Waals surface area contributed by atoms with Crippen molar-refractivity contribution in [1.29, 1.82) is 0 Å². The molecule has 3 nitrogen and oxygen atoms in total. The molecule has 1 N–H and O–H groups in total. The molecule has 2 rings (SSSR count). The molecular formula is C14H13ClFNO2. The first-order valence-corrected chi connectivity index (χ1v) is 6.11. The van der Waals surface area contributed by atoms with Gasteiger partial charge in [0, 0.05) is 12.6 Å². The molecule has 0 bridgehead atoms. The number of aromatic nitrogens is 1. The van der Waals surface area contributed by atoms with Gasteiger partial charge in [-0.1, -0.05) is 23.7 Å². The van der Waals surface area contributed by atoms with Crippen LogP contribution in [0.2, 0.25) is 5.02 Å². The minimum atomic E-state index is -0.955. The van der Waals surface area contributed by atoms with Crippen LogP contribution >= 0.6 is 11.6 Å². The minimum absolute atomic E-state index is 0.0395. The fourth-order valence-electron chi connectivity index (χ4n) is 1.84. The fraction of sp³-hybridized carbons (Fsp3) is 0.214. The second-order valence-corrected chi connectivity index (χ2v) is 4.43. The van der Waals surface area contributed by atoms with E-state index in [4.69, 9.17) is 16.3 Å². The number of methoxy groups -OCH3 is 1. The van der Waals surface area contributed by atoms with Crippen LogP contribution in [0.25, 0.3) is 0 Å². The van der Waals surface area contributed by atoms with E-state index in [1.807, 2.05) is 0 Å². The molecule has 0 amide bonds. The molecule has 0 spiro atoms. The molecule has 100 valence electrons. The van der Waals surface area contributed by atoms with E-state index in [9.17, 15) is 9.50 Å². The summed E-state index contributed by atoms with van der Waals surface area (Å²) in [5.41, 5.74) is 0.720. The van der Waals surface area contributed by atoms with Crippen LogP contribution in [0.5, 0.6) is 5.75 Å². The van der Waals surface area contributed by atoms with Gasteiger partial charge in [0.05, 0.1) is 12.1 Å². The molecule has 0 aliphatic rings. The highest BCUT2D eigenvalue weighted by Gasteiger charge is 2.17. The fourth-order valence-corrected chi connectivity index (χ4v) is 2.03. The average molecular weight is 282 g/mol. The number of aliphatic hydroxyl groups is 1. The summed E-state index contributed by atoms with van der Waals surface area (Å²) >= 11 is 5.70. The van der Waals surface area contributed by atoms with E-state index in [1.54, 1.807) is 30.5 Å². The van der Waals surface area contributed by atoms with Gasteiger partial charge in [0.2, 0.25) is 0 Å². The summed E-state index contributed by atoms with van der Waals surface area (Å²) < 4.78 is 18.9. The summed E-state index contributed by atoms with van der Waals surface area (Å²) in [6.45, 7) is 0. The monoisotopic (exact) mass is 281 g/mol. The summed E-state index contributed by atoms with van der Waals surface area (Å²) in [5.74, 6) is -0.0458. The van der Waals surface area contributed by atoms with Gasteiger partial charge in [-0.3, -0.25) is 4.98 Å². The highest BCUT2D eigenvalue weighted by atomic mass is 35.5. The Balaban J connectivity index is 2.26. The Morgan fingerprint density at radius 2 is 2.16 bits per heavy atom. The van der Waals surface area contributed by atoms with Crippen LogP contribution in [-0.4, -0.2) is 17.2 Å². The predicted molar refractivity (Wildman–Crippen MR) is 70.9 cm³/mol. The first kappa shape index (κ1) is 13.8. The number of nitrogens with zero attached hydrogens (tertiary/aromatic N) is 1. The van der Waals surface area contributed by atoms with Crippen LogP contribution in [0.4, 0.5) is 4.39 Å². The zero-order valence-electron chi connectivity index (χ0n) is 10.3. The van der Waals surface area contributed by atoms with Crippen molar-refractivity contribution in [2.24, 2.45) is 0 Å². The second kappa shape index (κ2) is 5.99. The highest BCUT2D eigenvalue weighted by molar-refractivity contribution is 6.30. The smallest absolute Gasteiger partial charge is 0.145 e. The van der Waals surface area contributed by atoms with Gasteiger partial charge in [-0.25, -0.2) is 4.39 Å². The number of rotatable bonds is 4. The van der Waals surface area contributed by atoms with Crippen LogP contribution in [0, 0.1) is 5.82 Å². The third-order valence-corrected chi connectivity index (χ3v) is 3.07. The molecule has 0 saturated heterocycles. The molecule has 0 aliphatic carbocycles. The van der Waals surface area contributed by atoms with Crippen molar-refractivity contribution in [2.75, 3.05) is 7.11 Å². The van der Waals surface area contributed by atoms with Crippen molar-refractivity contribution >= 4 is 11.6 Å². The zero-order valence-corrected chi connectivity index (χ0v) is 11.1. The van der Waals surface area contributed by atoms with Crippen molar-refractivity contribution in [1.82, 2.24) is 4.98 Å². The maximum absolute atomic E-state index is 13.8. The number of aliphatic hydroxyl groups excluding tert-OH is 1. The first-order chi connectivity index (χ1) is 9.13. The molecule has 1 heterocycles. The molecule has 19 heavy (non-hydrogen) atoms. The van der Waals surface area contributed by atoms with Crippen LogP contribution in [-0.2, 0) is 6.42 Å². The number of ether oxygens (including phenoxy) is 1. The number of pyridine rings is 1. The number of benzene rings is 1. The summed E-state index contributed by atoms with van der Waals surface area (Å²) in [7, 11) is 1.49. The van der Waals surface area contributed by atoms with Gasteiger partial charge < -0.3 is 9.84 Å². The number of halogens is 2. The van der Waals surface area contributed by atoms with Crippen LogP contribution in [0.1, 0.15) is 17.4 Å². The number of hydrogen-bond donors (Lipinski definition) is 1. The lowest BCUT2D eigenvalue weighted by molar-refractivity contribution is 0.167. The lowest BCUT2D eigenvalue weighted by atomic mass is 10.0. The van der Waals surface area contributed by atoms with Crippen molar-refractivity contribution in [3.8, 4) is 5.75 Å². The van der Waals surface area contributed by atoms with Crippen molar-refractivity contribution in [3.05, 3.63) is 58.6 Å². The van der Waals surface area contributed by atoms with Crippen LogP contribution < -0.4 is 4.74 Å². The Labute approximate surface area is 115 Å². The first-order valence-electron chi connectivity index (χ1n) is 5.73. The minimum Gasteiger partial charge on any atom is -0.495 e. The third-order valence-electron chi connectivity index (χ3n) is 2.78. The van der Waals surface area contributed by atoms with E-state index in [2.05, 4.69) is 4.98 Å². The van der Waals surface area contributed by atoms with Gasteiger partial charge in [0.25, 0.3) is 0 Å². The Kier molecular flexibility index (Phi) is 4.35. The molecule has 1 aromatic carbocycles. The highest BCUT2D eigenvalue weighted by Crippen LogP contribution is 2.27. The normalized spacial score (nSPS) is 12.2. The Bertz CT molecular complexity index is 577. The maximum Gasteiger partial charge on any atom is 0.145 e. The van der Waals surface area contributed by atoms with Gasteiger partial charge in [-0.05, 0) is 23.8 Å². The Hall–Kier alpha value is -1.65. The van der Waals surface area contributed by atoms with Gasteiger partial charge in [-0.2, -0.15) is 0 Å². The molecule has 1 unspecified atom stereocenters. The van der Waals surface area contributed by atoms with E-state index in [0.717, 1.165) is 0 Å². The van der Waals surface area contributed by atoms with Gasteiger partial charge >= 0.3 is 0 Å². The third kappa shape index (κ3) is 3.03. The topological polar surface area (TPSA) is 42.4 Å². The van der Waals surface area contributed by atoms with Crippen LogP contribution in [0.15, 0.2) is 36.5 Å². The molecule has 2 aromatic rings. The van der Waals surface area contributed by atoms with Crippen molar-refractivity contribution < 1.29 is 14.2 Å². The van der Waals surface area contributed by atoms with E-state index >= 15 is 0 Å². The lowest BCUT2D eigenvalue weighted by Gasteiger charge is -2.14. The molecule has 0 fully saturated rings. The SMILES string of the molecule is COc1cccnc1C(O)Cc1cccc(Cl)c1F. The van der Waals surface area contributed by atoms with Gasteiger partial charge in [0.1, 0.15) is 23.4 Å². The molecule has 5 heteroatoms. The predicted octanol–water partition coefficient (Wildman–Crippen LogP) is 3.16.